The topological polar surface area (TPSA) is 114 Å². The molecule has 2 aromatic carbocycles. The predicted octanol–water partition coefficient (Wildman–Crippen LogP) is 33.1. The number of aryl methyl sites for hydroxylation is 2. The van der Waals surface area contributed by atoms with E-state index in [4.69, 9.17) is 0 Å². The first kappa shape index (κ1) is 104. The molecule has 0 aliphatic rings. The summed E-state index contributed by atoms with van der Waals surface area (Å²) in [6, 6.07) is 13.0. The third-order valence-corrected chi connectivity index (χ3v) is 24.7. The Labute approximate surface area is 674 Å². The summed E-state index contributed by atoms with van der Waals surface area (Å²) in [5, 5.41) is 0. The third kappa shape index (κ3) is 79.5. The van der Waals surface area contributed by atoms with Crippen LogP contribution in [0.25, 0.3) is 0 Å². The van der Waals surface area contributed by atoms with E-state index >= 15 is 0 Å². The molecular formula is C96H178MgO6S2. The molecule has 0 atom stereocenters. The predicted molar refractivity (Wildman–Crippen MR) is 463 cm³/mol. The number of benzene rings is 2. The molecule has 0 fully saturated rings. The zero-order valence-electron chi connectivity index (χ0n) is 70.6. The molecule has 0 aliphatic carbocycles. The Bertz CT molecular complexity index is 2080. The maximum atomic E-state index is 11.2. The Hall–Kier alpha value is -0.974. The molecule has 2 rings (SSSR count). The minimum Gasteiger partial charge on any atom is -0.744 e. The molecule has 0 aliphatic heterocycles. The van der Waals surface area contributed by atoms with Crippen molar-refractivity contribution in [1.82, 2.24) is 0 Å². The van der Waals surface area contributed by atoms with Gasteiger partial charge in [0.2, 0.25) is 0 Å². The van der Waals surface area contributed by atoms with Crippen molar-refractivity contribution in [3.05, 3.63) is 59.7 Å². The van der Waals surface area contributed by atoms with Crippen LogP contribution in [0.5, 0.6) is 0 Å². The molecule has 0 spiro atoms. The summed E-state index contributed by atoms with van der Waals surface area (Å²) in [6.07, 6.45) is 116. The molecule has 2 aromatic rings. The molecule has 6 nitrogen and oxygen atoms in total. The van der Waals surface area contributed by atoms with Gasteiger partial charge in [0.15, 0.2) is 0 Å². The van der Waals surface area contributed by atoms with Gasteiger partial charge < -0.3 is 9.11 Å². The molecule has 0 aromatic heterocycles. The Kier molecular flexibility index (Phi) is 83.2. The van der Waals surface area contributed by atoms with E-state index in [2.05, 4.69) is 13.8 Å². The van der Waals surface area contributed by atoms with Crippen LogP contribution in [0.2, 0.25) is 0 Å². The average Bonchev–Trinajstić information content (AvgIpc) is 0.866. The maximum Gasteiger partial charge on any atom is 2.00 e. The Balaban J connectivity index is 0.00000204. The van der Waals surface area contributed by atoms with E-state index < -0.39 is 20.2 Å². The molecule has 0 heterocycles. The number of hydrogen-bond donors (Lipinski definition) is 0. The van der Waals surface area contributed by atoms with Gasteiger partial charge in [0.05, 0.1) is 9.79 Å². The van der Waals surface area contributed by atoms with Crippen molar-refractivity contribution in [2.45, 2.75) is 550 Å². The summed E-state index contributed by atoms with van der Waals surface area (Å²) in [6.45, 7) is 4.61. The smallest absolute Gasteiger partial charge is 0.744 e. The van der Waals surface area contributed by atoms with E-state index in [0.717, 1.165) is 36.8 Å². The first-order valence-corrected chi connectivity index (χ1v) is 50.0. The van der Waals surface area contributed by atoms with Crippen LogP contribution in [0, 0.1) is 0 Å². The molecule has 0 saturated carbocycles. The van der Waals surface area contributed by atoms with Gasteiger partial charge >= 0.3 is 23.1 Å². The van der Waals surface area contributed by atoms with Crippen LogP contribution >= 0.6 is 0 Å². The second kappa shape index (κ2) is 83.9. The van der Waals surface area contributed by atoms with Gasteiger partial charge in [-0.2, -0.15) is 0 Å². The zero-order valence-corrected chi connectivity index (χ0v) is 73.6. The second-order valence-electron chi connectivity index (χ2n) is 33.3. The van der Waals surface area contributed by atoms with Crippen molar-refractivity contribution in [2.75, 3.05) is 0 Å². The van der Waals surface area contributed by atoms with Gasteiger partial charge in [-0.3, -0.25) is 0 Å². The maximum absolute atomic E-state index is 11.2. The molecule has 0 unspecified atom stereocenters. The summed E-state index contributed by atoms with van der Waals surface area (Å²) in [5.41, 5.74) is 1.90. The van der Waals surface area contributed by atoms with E-state index in [1.165, 1.54) is 525 Å². The molecule has 105 heavy (non-hydrogen) atoms. The zero-order chi connectivity index (χ0) is 74.9. The van der Waals surface area contributed by atoms with Gasteiger partial charge in [-0.15, -0.1) is 0 Å². The van der Waals surface area contributed by atoms with Gasteiger partial charge in [-0.25, -0.2) is 16.8 Å². The minimum atomic E-state index is -4.35. The summed E-state index contributed by atoms with van der Waals surface area (Å²) < 4.78 is 67.0. The van der Waals surface area contributed by atoms with Gasteiger partial charge in [0.25, 0.3) is 0 Å². The van der Waals surface area contributed by atoms with Gasteiger partial charge in [-0.05, 0) is 61.1 Å². The van der Waals surface area contributed by atoms with Crippen LogP contribution in [-0.2, 0) is 33.1 Å². The van der Waals surface area contributed by atoms with Crippen LogP contribution in [0.4, 0.5) is 0 Å². The van der Waals surface area contributed by atoms with Crippen LogP contribution in [0.1, 0.15) is 539 Å². The monoisotopic (exact) mass is 1520 g/mol. The van der Waals surface area contributed by atoms with Gasteiger partial charge in [0.1, 0.15) is 20.2 Å². The number of unbranched alkanes of at least 4 members (excludes halogenated alkanes) is 78. The summed E-state index contributed by atoms with van der Waals surface area (Å²) in [4.78, 5) is -0.210. The van der Waals surface area contributed by atoms with E-state index in [-0.39, 0.29) is 32.8 Å². The summed E-state index contributed by atoms with van der Waals surface area (Å²) >= 11 is 0. The SMILES string of the molecule is CCCCCCCCCCCCCCCCCCCCCCCCCCCCCCCCCCCCCCCCCCc1cccc(S(=O)(=O)[O-])c1.CCCCCCCCCCCCCCCCCCCCCCCCCCCCCCCCCCCCCCCCCCc1cccc(S(=O)(=O)[O-])c1.[Mg+2]. The molecule has 0 bridgehead atoms. The molecule has 0 radical (unpaired) electrons. The summed E-state index contributed by atoms with van der Waals surface area (Å²) in [7, 11) is -8.70. The van der Waals surface area contributed by atoms with E-state index in [1.54, 1.807) is 12.1 Å². The van der Waals surface area contributed by atoms with E-state index in [9.17, 15) is 25.9 Å². The van der Waals surface area contributed by atoms with Crippen molar-refractivity contribution < 1.29 is 25.9 Å². The van der Waals surface area contributed by atoms with Crippen LogP contribution in [0.3, 0.4) is 0 Å². The Morgan fingerprint density at radius 2 is 0.305 bits per heavy atom. The third-order valence-electron chi connectivity index (χ3n) is 23.0. The van der Waals surface area contributed by atoms with Gasteiger partial charge in [-0.1, -0.05) is 539 Å². The fourth-order valence-electron chi connectivity index (χ4n) is 16.0. The van der Waals surface area contributed by atoms with Crippen LogP contribution in [-0.4, -0.2) is 49.0 Å². The van der Waals surface area contributed by atoms with E-state index in [1.807, 2.05) is 12.1 Å². The second-order valence-corrected chi connectivity index (χ2v) is 36.0. The van der Waals surface area contributed by atoms with Crippen molar-refractivity contribution in [3.8, 4) is 0 Å². The fraction of sp³-hybridized carbons (Fsp3) is 0.875. The van der Waals surface area contributed by atoms with Crippen LogP contribution in [0.15, 0.2) is 58.3 Å². The minimum absolute atomic E-state index is 0. The molecule has 0 amide bonds. The Morgan fingerprint density at radius 3 is 0.419 bits per heavy atom. The molecular weight excluding hydrogens is 1340 g/mol. The van der Waals surface area contributed by atoms with E-state index in [0.29, 0.717) is 0 Å². The fourth-order valence-corrected chi connectivity index (χ4v) is 17.0. The van der Waals surface area contributed by atoms with Crippen LogP contribution < -0.4 is 0 Å². The quantitative estimate of drug-likeness (QED) is 0.0370. The van der Waals surface area contributed by atoms with Gasteiger partial charge in [0, 0.05) is 0 Å². The largest absolute Gasteiger partial charge is 2.00 e. The number of rotatable bonds is 84. The number of hydrogen-bond acceptors (Lipinski definition) is 6. The van der Waals surface area contributed by atoms with Crippen molar-refractivity contribution in [2.24, 2.45) is 0 Å². The first-order valence-electron chi connectivity index (χ1n) is 47.2. The molecule has 612 valence electrons. The normalized spacial score (nSPS) is 11.8. The summed E-state index contributed by atoms with van der Waals surface area (Å²) in [5.74, 6) is 0. The Morgan fingerprint density at radius 1 is 0.190 bits per heavy atom. The molecule has 9 heteroatoms. The van der Waals surface area contributed by atoms with Crippen molar-refractivity contribution in [1.29, 1.82) is 0 Å². The van der Waals surface area contributed by atoms with Crippen molar-refractivity contribution >= 4 is 43.3 Å². The standard InChI is InChI=1S/2C48H90O3S.Mg/c2*1-2-3-4-5-6-7-8-9-10-11-12-13-14-15-16-17-18-19-20-21-22-23-24-25-26-27-28-29-30-31-32-33-34-35-36-37-38-39-40-41-43-47-44-42-45-48(46-47)52(49,50)51;/h2*42,44-46H,2-41,43H2,1H3,(H,49,50,51);/q;;+2/p-2. The average molecular weight is 1520 g/mol. The first-order chi connectivity index (χ1) is 51.1. The molecule has 0 N–H and O–H groups in total. The molecule has 0 saturated heterocycles. The van der Waals surface area contributed by atoms with Crippen molar-refractivity contribution in [3.63, 3.8) is 0 Å².